The summed E-state index contributed by atoms with van der Waals surface area (Å²) in [6, 6.07) is 12.6. The van der Waals surface area contributed by atoms with E-state index in [1.54, 1.807) is 18.3 Å². The van der Waals surface area contributed by atoms with Gasteiger partial charge in [-0.15, -0.1) is 0 Å². The summed E-state index contributed by atoms with van der Waals surface area (Å²) in [5.74, 6) is -0.283. The Kier molecular flexibility index (Phi) is 4.30. The van der Waals surface area contributed by atoms with Crippen molar-refractivity contribution in [1.82, 2.24) is 9.88 Å². The summed E-state index contributed by atoms with van der Waals surface area (Å²) in [6.07, 6.45) is 4.04. The molecule has 2 aromatic rings. The SMILES string of the molecule is O=C(Cn1ccccc1=O)NCC1(O)CCCc2ccccc21. The fourth-order valence-electron chi connectivity index (χ4n) is 3.13. The van der Waals surface area contributed by atoms with Crippen molar-refractivity contribution in [2.75, 3.05) is 6.54 Å². The van der Waals surface area contributed by atoms with Crippen LogP contribution in [-0.2, 0) is 23.4 Å². The largest absolute Gasteiger partial charge is 0.383 e. The third-order valence-corrected chi connectivity index (χ3v) is 4.35. The summed E-state index contributed by atoms with van der Waals surface area (Å²) in [5, 5.41) is 13.7. The number of carbonyl (C=O) groups is 1. The van der Waals surface area contributed by atoms with E-state index in [2.05, 4.69) is 5.32 Å². The molecule has 1 unspecified atom stereocenters. The lowest BCUT2D eigenvalue weighted by molar-refractivity contribution is -0.123. The molecule has 1 aromatic heterocycles. The molecule has 1 amide bonds. The summed E-state index contributed by atoms with van der Waals surface area (Å²) in [6.45, 7) is 0.113. The predicted octanol–water partition coefficient (Wildman–Crippen LogP) is 1.19. The van der Waals surface area contributed by atoms with Gasteiger partial charge in [0, 0.05) is 12.3 Å². The van der Waals surface area contributed by atoms with Crippen molar-refractivity contribution in [2.24, 2.45) is 0 Å². The molecule has 5 heteroatoms. The molecule has 1 atom stereocenters. The topological polar surface area (TPSA) is 71.3 Å². The third kappa shape index (κ3) is 3.35. The Morgan fingerprint density at radius 3 is 2.83 bits per heavy atom. The Morgan fingerprint density at radius 1 is 1.22 bits per heavy atom. The first-order valence-electron chi connectivity index (χ1n) is 7.81. The molecule has 23 heavy (non-hydrogen) atoms. The number of aliphatic hydroxyl groups is 1. The smallest absolute Gasteiger partial charge is 0.250 e. The number of carbonyl (C=O) groups excluding carboxylic acids is 1. The summed E-state index contributed by atoms with van der Waals surface area (Å²) >= 11 is 0. The zero-order chi connectivity index (χ0) is 16.3. The van der Waals surface area contributed by atoms with Crippen LogP contribution in [0.1, 0.15) is 24.0 Å². The van der Waals surface area contributed by atoms with Crippen molar-refractivity contribution in [3.05, 3.63) is 70.1 Å². The number of amides is 1. The number of benzene rings is 1. The highest BCUT2D eigenvalue weighted by atomic mass is 16.3. The van der Waals surface area contributed by atoms with Gasteiger partial charge in [0.2, 0.25) is 5.91 Å². The van der Waals surface area contributed by atoms with Crippen LogP contribution in [0.4, 0.5) is 0 Å². The van der Waals surface area contributed by atoms with Gasteiger partial charge in [-0.1, -0.05) is 30.3 Å². The van der Waals surface area contributed by atoms with Gasteiger partial charge in [0.05, 0.1) is 6.54 Å². The number of hydrogen-bond acceptors (Lipinski definition) is 3. The number of aryl methyl sites for hydroxylation is 1. The molecule has 0 fully saturated rings. The lowest BCUT2D eigenvalue weighted by atomic mass is 9.79. The molecule has 0 saturated carbocycles. The number of pyridine rings is 1. The fourth-order valence-corrected chi connectivity index (χ4v) is 3.13. The zero-order valence-corrected chi connectivity index (χ0v) is 12.9. The Bertz CT molecular complexity index is 769. The van der Waals surface area contributed by atoms with Gasteiger partial charge >= 0.3 is 0 Å². The Labute approximate surface area is 134 Å². The molecule has 1 aromatic carbocycles. The van der Waals surface area contributed by atoms with Crippen LogP contribution in [0, 0.1) is 0 Å². The lowest BCUT2D eigenvalue weighted by Crippen LogP contribution is -2.44. The van der Waals surface area contributed by atoms with Crippen molar-refractivity contribution in [3.63, 3.8) is 0 Å². The van der Waals surface area contributed by atoms with Crippen molar-refractivity contribution >= 4 is 5.91 Å². The second-order valence-corrected chi connectivity index (χ2v) is 5.99. The van der Waals surface area contributed by atoms with Crippen molar-refractivity contribution in [3.8, 4) is 0 Å². The molecule has 0 saturated heterocycles. The minimum absolute atomic E-state index is 0.0442. The first-order chi connectivity index (χ1) is 11.1. The van der Waals surface area contributed by atoms with Crippen molar-refractivity contribution < 1.29 is 9.90 Å². The van der Waals surface area contributed by atoms with Crippen LogP contribution >= 0.6 is 0 Å². The molecule has 0 bridgehead atoms. The highest BCUT2D eigenvalue weighted by Crippen LogP contribution is 2.34. The Balaban J connectivity index is 1.68. The number of nitrogens with zero attached hydrogens (tertiary/aromatic N) is 1. The minimum Gasteiger partial charge on any atom is -0.383 e. The van der Waals surface area contributed by atoms with Crippen LogP contribution in [0.3, 0.4) is 0 Å². The third-order valence-electron chi connectivity index (χ3n) is 4.35. The fraction of sp³-hybridized carbons (Fsp3) is 0.333. The minimum atomic E-state index is -1.04. The maximum atomic E-state index is 12.1. The van der Waals surface area contributed by atoms with Crippen LogP contribution in [0.25, 0.3) is 0 Å². The lowest BCUT2D eigenvalue weighted by Gasteiger charge is -2.34. The Hall–Kier alpha value is -2.40. The maximum absolute atomic E-state index is 12.1. The molecular weight excluding hydrogens is 292 g/mol. The van der Waals surface area contributed by atoms with Crippen LogP contribution in [0.2, 0.25) is 0 Å². The molecule has 1 aliphatic rings. The van der Waals surface area contributed by atoms with Gasteiger partial charge in [0.25, 0.3) is 5.56 Å². The molecular formula is C18H20N2O3. The van der Waals surface area contributed by atoms with E-state index in [0.717, 1.165) is 24.0 Å². The zero-order valence-electron chi connectivity index (χ0n) is 12.9. The molecule has 120 valence electrons. The second-order valence-electron chi connectivity index (χ2n) is 5.99. The van der Waals surface area contributed by atoms with Gasteiger partial charge in [0.15, 0.2) is 0 Å². The molecule has 5 nitrogen and oxygen atoms in total. The van der Waals surface area contributed by atoms with Gasteiger partial charge in [-0.3, -0.25) is 9.59 Å². The average Bonchev–Trinajstić information content (AvgIpc) is 2.56. The number of fused-ring (bicyclic) bond motifs is 1. The first-order valence-corrected chi connectivity index (χ1v) is 7.81. The average molecular weight is 312 g/mol. The van der Waals surface area contributed by atoms with E-state index in [9.17, 15) is 14.7 Å². The van der Waals surface area contributed by atoms with Gasteiger partial charge in [0.1, 0.15) is 12.1 Å². The summed E-state index contributed by atoms with van der Waals surface area (Å²) in [5.41, 5.74) is 0.772. The van der Waals surface area contributed by atoms with Crippen LogP contribution < -0.4 is 10.9 Å². The van der Waals surface area contributed by atoms with Gasteiger partial charge < -0.3 is 15.0 Å². The van der Waals surface area contributed by atoms with E-state index in [4.69, 9.17) is 0 Å². The van der Waals surface area contributed by atoms with Crippen LogP contribution in [0.5, 0.6) is 0 Å². The van der Waals surface area contributed by atoms with E-state index < -0.39 is 5.60 Å². The quantitative estimate of drug-likeness (QED) is 0.891. The monoisotopic (exact) mass is 312 g/mol. The summed E-state index contributed by atoms with van der Waals surface area (Å²) < 4.78 is 1.34. The molecule has 2 N–H and O–H groups in total. The van der Waals surface area contributed by atoms with Crippen molar-refractivity contribution in [1.29, 1.82) is 0 Å². The summed E-state index contributed by atoms with van der Waals surface area (Å²) in [7, 11) is 0. The second kappa shape index (κ2) is 6.38. The normalized spacial score (nSPS) is 19.9. The molecule has 0 radical (unpaired) electrons. The van der Waals surface area contributed by atoms with Crippen molar-refractivity contribution in [2.45, 2.75) is 31.4 Å². The highest BCUT2D eigenvalue weighted by molar-refractivity contribution is 5.75. The van der Waals surface area contributed by atoms with Gasteiger partial charge in [-0.05, 0) is 36.5 Å². The van der Waals surface area contributed by atoms with E-state index in [1.165, 1.54) is 10.6 Å². The van der Waals surface area contributed by atoms with Crippen LogP contribution in [-0.4, -0.2) is 22.1 Å². The highest BCUT2D eigenvalue weighted by Gasteiger charge is 2.34. The first kappa shape index (κ1) is 15.5. The maximum Gasteiger partial charge on any atom is 0.250 e. The van der Waals surface area contributed by atoms with E-state index >= 15 is 0 Å². The number of hydrogen-bond donors (Lipinski definition) is 2. The molecule has 0 aliphatic heterocycles. The Morgan fingerprint density at radius 2 is 2.00 bits per heavy atom. The van der Waals surface area contributed by atoms with E-state index in [1.807, 2.05) is 24.3 Å². The molecule has 1 heterocycles. The van der Waals surface area contributed by atoms with Gasteiger partial charge in [-0.25, -0.2) is 0 Å². The molecule has 0 spiro atoms. The summed E-state index contributed by atoms with van der Waals surface area (Å²) in [4.78, 5) is 23.7. The predicted molar refractivity (Wildman–Crippen MR) is 87.0 cm³/mol. The standard InChI is InChI=1S/C18H20N2O3/c21-16(12-20-11-4-3-9-17(20)22)19-13-18(23)10-5-7-14-6-1-2-8-15(14)18/h1-4,6,8-9,11,23H,5,7,10,12-13H2,(H,19,21). The van der Waals surface area contributed by atoms with Gasteiger partial charge in [-0.2, -0.15) is 0 Å². The van der Waals surface area contributed by atoms with E-state index in [0.29, 0.717) is 6.42 Å². The number of nitrogens with one attached hydrogen (secondary N) is 1. The van der Waals surface area contributed by atoms with E-state index in [-0.39, 0.29) is 24.6 Å². The molecule has 1 aliphatic carbocycles. The number of aromatic nitrogens is 1. The number of rotatable bonds is 4. The van der Waals surface area contributed by atoms with Crippen LogP contribution in [0.15, 0.2) is 53.5 Å². The molecule has 3 rings (SSSR count).